The van der Waals surface area contributed by atoms with E-state index in [1.165, 1.54) is 11.3 Å². The number of rotatable bonds is 2. The lowest BCUT2D eigenvalue weighted by Gasteiger charge is -2.34. The maximum Gasteiger partial charge on any atom is 0.420 e. The first kappa shape index (κ1) is 14.1. The third-order valence-corrected chi connectivity index (χ3v) is 4.75. The number of hydrogen-bond donors (Lipinski definition) is 0. The minimum absolute atomic E-state index is 0.216. The van der Waals surface area contributed by atoms with Crippen LogP contribution in [-0.4, -0.2) is 17.7 Å². The van der Waals surface area contributed by atoms with Crippen molar-refractivity contribution in [2.24, 2.45) is 0 Å². The van der Waals surface area contributed by atoms with Crippen LogP contribution in [-0.2, 0) is 0 Å². The average Bonchev–Trinajstić information content (AvgIpc) is 2.91. The van der Waals surface area contributed by atoms with E-state index in [0.29, 0.717) is 5.58 Å². The van der Waals surface area contributed by atoms with E-state index < -0.39 is 0 Å². The van der Waals surface area contributed by atoms with E-state index in [0.717, 1.165) is 31.4 Å². The van der Waals surface area contributed by atoms with Crippen molar-refractivity contribution in [3.63, 3.8) is 0 Å². The lowest BCUT2D eigenvalue weighted by Crippen LogP contribution is -2.36. The van der Waals surface area contributed by atoms with Crippen LogP contribution < -0.4 is 10.7 Å². The molecule has 3 aromatic rings. The maximum atomic E-state index is 12.2. The van der Waals surface area contributed by atoms with Gasteiger partial charge in [-0.2, -0.15) is 0 Å². The Hall–Kier alpha value is -2.49. The molecule has 1 fully saturated rings. The monoisotopic (exact) mass is 308 g/mol. The van der Waals surface area contributed by atoms with Crippen LogP contribution >= 0.6 is 0 Å². The molecule has 1 aliphatic heterocycles. The first-order valence-electron chi connectivity index (χ1n) is 8.14. The number of aryl methyl sites for hydroxylation is 1. The molecule has 1 aromatic heterocycles. The fourth-order valence-electron chi connectivity index (χ4n) is 3.47. The Morgan fingerprint density at radius 3 is 2.43 bits per heavy atom. The summed E-state index contributed by atoms with van der Waals surface area (Å²) in [4.78, 5) is 14.6. The molecule has 0 atom stereocenters. The van der Waals surface area contributed by atoms with Crippen molar-refractivity contribution in [1.82, 2.24) is 4.57 Å². The normalized spacial score (nSPS) is 16.1. The molecular weight excluding hydrogens is 288 g/mol. The number of fused-ring (bicyclic) bond motifs is 1. The molecule has 0 spiro atoms. The number of benzene rings is 2. The van der Waals surface area contributed by atoms with Crippen LogP contribution in [0.2, 0.25) is 0 Å². The zero-order valence-electron chi connectivity index (χ0n) is 13.2. The summed E-state index contributed by atoms with van der Waals surface area (Å²) in [5.41, 5.74) is 4.13. The van der Waals surface area contributed by atoms with Crippen LogP contribution in [0.5, 0.6) is 0 Å². The van der Waals surface area contributed by atoms with Gasteiger partial charge >= 0.3 is 5.76 Å². The van der Waals surface area contributed by atoms with Gasteiger partial charge in [0.2, 0.25) is 0 Å². The van der Waals surface area contributed by atoms with Gasteiger partial charge in [0.05, 0.1) is 5.52 Å². The summed E-state index contributed by atoms with van der Waals surface area (Å²) in [6.45, 7) is 4.02. The summed E-state index contributed by atoms with van der Waals surface area (Å²) in [5.74, 6) is -0.236. The molecule has 4 rings (SSSR count). The molecule has 0 N–H and O–H groups in total. The molecule has 4 heteroatoms. The molecule has 1 aliphatic rings. The highest BCUT2D eigenvalue weighted by atomic mass is 16.4. The molecule has 118 valence electrons. The number of para-hydroxylation sites is 2. The van der Waals surface area contributed by atoms with Crippen LogP contribution in [0.25, 0.3) is 11.1 Å². The summed E-state index contributed by atoms with van der Waals surface area (Å²) in [6.07, 6.45) is 1.91. The predicted octanol–water partition coefficient (Wildman–Crippen LogP) is 3.74. The molecule has 2 aromatic carbocycles. The second kappa shape index (κ2) is 5.61. The van der Waals surface area contributed by atoms with Crippen molar-refractivity contribution < 1.29 is 4.42 Å². The first-order chi connectivity index (χ1) is 11.2. The Morgan fingerprint density at radius 2 is 1.70 bits per heavy atom. The quantitative estimate of drug-likeness (QED) is 0.724. The third kappa shape index (κ3) is 2.54. The first-order valence-corrected chi connectivity index (χ1v) is 8.14. The minimum atomic E-state index is -0.236. The molecule has 0 amide bonds. The Kier molecular flexibility index (Phi) is 3.45. The molecule has 23 heavy (non-hydrogen) atoms. The zero-order valence-corrected chi connectivity index (χ0v) is 13.2. The fraction of sp³-hybridized carbons (Fsp3) is 0.316. The summed E-state index contributed by atoms with van der Waals surface area (Å²) in [6, 6.07) is 16.5. The third-order valence-electron chi connectivity index (χ3n) is 4.75. The molecule has 0 unspecified atom stereocenters. The molecule has 2 heterocycles. The van der Waals surface area contributed by atoms with Gasteiger partial charge < -0.3 is 9.32 Å². The van der Waals surface area contributed by atoms with Crippen LogP contribution in [0.1, 0.15) is 24.4 Å². The molecule has 0 radical (unpaired) electrons. The second-order valence-corrected chi connectivity index (χ2v) is 6.26. The van der Waals surface area contributed by atoms with Gasteiger partial charge in [0.15, 0.2) is 5.58 Å². The van der Waals surface area contributed by atoms with Crippen LogP contribution in [0, 0.1) is 6.92 Å². The van der Waals surface area contributed by atoms with Gasteiger partial charge in [0.1, 0.15) is 0 Å². The molecule has 0 aliphatic carbocycles. The predicted molar refractivity (Wildman–Crippen MR) is 92.1 cm³/mol. The number of aromatic nitrogens is 1. The van der Waals surface area contributed by atoms with Crippen molar-refractivity contribution in [3.8, 4) is 0 Å². The largest absolute Gasteiger partial charge is 0.420 e. The van der Waals surface area contributed by atoms with Crippen LogP contribution in [0.15, 0.2) is 57.7 Å². The SMILES string of the molecule is Cc1ccc(N2CCC(n3c(=O)oc4ccccc43)CC2)cc1. The summed E-state index contributed by atoms with van der Waals surface area (Å²) in [5, 5.41) is 0. The van der Waals surface area contributed by atoms with Gasteiger partial charge in [-0.1, -0.05) is 29.8 Å². The second-order valence-electron chi connectivity index (χ2n) is 6.26. The Balaban J connectivity index is 1.56. The van der Waals surface area contributed by atoms with Crippen molar-refractivity contribution in [1.29, 1.82) is 0 Å². The zero-order chi connectivity index (χ0) is 15.8. The standard InChI is InChI=1S/C19H20N2O2/c1-14-6-8-15(9-7-14)20-12-10-16(11-13-20)21-17-4-2-3-5-18(17)23-19(21)22/h2-9,16H,10-13H2,1H3. The number of oxazole rings is 1. The maximum absolute atomic E-state index is 12.2. The van der Waals surface area contributed by atoms with Gasteiger partial charge in [0, 0.05) is 24.8 Å². The highest BCUT2D eigenvalue weighted by Gasteiger charge is 2.24. The number of anilines is 1. The topological polar surface area (TPSA) is 38.4 Å². The smallest absolute Gasteiger partial charge is 0.408 e. The molecule has 0 saturated carbocycles. The van der Waals surface area contributed by atoms with Crippen molar-refractivity contribution in [3.05, 3.63) is 64.6 Å². The van der Waals surface area contributed by atoms with E-state index in [1.54, 1.807) is 0 Å². The van der Waals surface area contributed by atoms with Crippen LogP contribution in [0.3, 0.4) is 0 Å². The highest BCUT2D eigenvalue weighted by Crippen LogP contribution is 2.28. The van der Waals surface area contributed by atoms with Gasteiger partial charge in [-0.15, -0.1) is 0 Å². The lowest BCUT2D eigenvalue weighted by atomic mass is 10.0. The highest BCUT2D eigenvalue weighted by molar-refractivity contribution is 5.72. The van der Waals surface area contributed by atoms with E-state index in [-0.39, 0.29) is 11.8 Å². The van der Waals surface area contributed by atoms with Crippen LogP contribution in [0.4, 0.5) is 5.69 Å². The Bertz CT molecular complexity index is 868. The Morgan fingerprint density at radius 1 is 1.00 bits per heavy atom. The number of hydrogen-bond acceptors (Lipinski definition) is 3. The van der Waals surface area contributed by atoms with E-state index in [2.05, 4.69) is 36.1 Å². The van der Waals surface area contributed by atoms with Gasteiger partial charge in [-0.05, 0) is 44.0 Å². The van der Waals surface area contributed by atoms with Crippen molar-refractivity contribution in [2.75, 3.05) is 18.0 Å². The number of nitrogens with zero attached hydrogens (tertiary/aromatic N) is 2. The summed E-state index contributed by atoms with van der Waals surface area (Å²) >= 11 is 0. The van der Waals surface area contributed by atoms with Gasteiger partial charge in [-0.3, -0.25) is 4.57 Å². The van der Waals surface area contributed by atoms with Gasteiger partial charge in [0.25, 0.3) is 0 Å². The van der Waals surface area contributed by atoms with E-state index >= 15 is 0 Å². The summed E-state index contributed by atoms with van der Waals surface area (Å²) in [7, 11) is 0. The number of piperidine rings is 1. The summed E-state index contributed by atoms with van der Waals surface area (Å²) < 4.78 is 7.21. The van der Waals surface area contributed by atoms with Gasteiger partial charge in [-0.25, -0.2) is 4.79 Å². The molecule has 4 nitrogen and oxygen atoms in total. The average molecular weight is 308 g/mol. The van der Waals surface area contributed by atoms with E-state index in [4.69, 9.17) is 4.42 Å². The van der Waals surface area contributed by atoms with E-state index in [1.807, 2.05) is 28.8 Å². The molecule has 0 bridgehead atoms. The van der Waals surface area contributed by atoms with Crippen molar-refractivity contribution in [2.45, 2.75) is 25.8 Å². The Labute approximate surface area is 134 Å². The van der Waals surface area contributed by atoms with Crippen molar-refractivity contribution >= 4 is 16.8 Å². The lowest BCUT2D eigenvalue weighted by molar-refractivity contribution is 0.371. The molecule has 1 saturated heterocycles. The molecular formula is C19H20N2O2. The van der Waals surface area contributed by atoms with E-state index in [9.17, 15) is 4.79 Å². The fourth-order valence-corrected chi connectivity index (χ4v) is 3.47. The minimum Gasteiger partial charge on any atom is -0.408 e.